The molecule has 1 aromatic carbocycles. The first-order chi connectivity index (χ1) is 7.90. The van der Waals surface area contributed by atoms with Crippen molar-refractivity contribution in [3.8, 4) is 5.75 Å². The fourth-order valence-corrected chi connectivity index (χ4v) is 4.79. The molecule has 1 aromatic rings. The minimum absolute atomic E-state index is 0.853. The highest BCUT2D eigenvalue weighted by molar-refractivity contribution is 5.55. The molecule has 1 nitrogen and oxygen atoms in total. The molecular weight excluding hydrogens is 196 g/mol. The molecule has 0 heterocycles. The minimum Gasteiger partial charge on any atom is -0.497 e. The highest BCUT2D eigenvalue weighted by Gasteiger charge is 2.71. The summed E-state index contributed by atoms with van der Waals surface area (Å²) in [4.78, 5) is 0. The monoisotopic (exact) mass is 210 g/mol. The third kappa shape index (κ3) is 0.634. The Morgan fingerprint density at radius 2 is 1.81 bits per heavy atom. The van der Waals surface area contributed by atoms with Crippen LogP contribution in [0.1, 0.15) is 23.0 Å². The molecule has 0 aromatic heterocycles. The van der Waals surface area contributed by atoms with Crippen LogP contribution in [0.5, 0.6) is 5.75 Å². The topological polar surface area (TPSA) is 9.23 Å². The highest BCUT2D eigenvalue weighted by atomic mass is 16.5. The summed E-state index contributed by atoms with van der Waals surface area (Å²) in [7, 11) is 1.76. The van der Waals surface area contributed by atoms with Gasteiger partial charge in [0.15, 0.2) is 0 Å². The molecular formula is C15H14O. The summed E-state index contributed by atoms with van der Waals surface area (Å²) in [6.45, 7) is 0. The van der Waals surface area contributed by atoms with Crippen LogP contribution >= 0.6 is 0 Å². The van der Waals surface area contributed by atoms with Gasteiger partial charge in [0.25, 0.3) is 0 Å². The second-order valence-corrected chi connectivity index (χ2v) is 5.74. The third-order valence-electron chi connectivity index (χ3n) is 5.42. The molecule has 2 saturated carbocycles. The molecule has 4 aliphatic rings. The Morgan fingerprint density at radius 1 is 0.938 bits per heavy atom. The van der Waals surface area contributed by atoms with Gasteiger partial charge in [0.1, 0.15) is 5.75 Å². The molecule has 6 atom stereocenters. The van der Waals surface area contributed by atoms with Gasteiger partial charge < -0.3 is 4.74 Å². The SMILES string of the molecule is COc1ccc2c(c1)[C@@H]1[C@H]3[C@@H]2[C@H]2C=C[C@@H]2[C@@H]13. The van der Waals surface area contributed by atoms with E-state index in [2.05, 4.69) is 30.4 Å². The normalized spacial score (nSPS) is 48.1. The lowest BCUT2D eigenvalue weighted by molar-refractivity contribution is 0.398. The molecule has 80 valence electrons. The van der Waals surface area contributed by atoms with E-state index in [0.29, 0.717) is 0 Å². The molecule has 0 amide bonds. The summed E-state index contributed by atoms with van der Waals surface area (Å²) in [6, 6.07) is 6.74. The molecule has 0 bridgehead atoms. The average Bonchev–Trinajstić information content (AvgIpc) is 2.82. The Morgan fingerprint density at radius 3 is 2.56 bits per heavy atom. The minimum atomic E-state index is 0.853. The summed E-state index contributed by atoms with van der Waals surface area (Å²) >= 11 is 0. The standard InChI is InChI=1S/C15H14O/c1-16-7-2-3-10-11(6-7)14-13-9-5-4-8(9)12(10)15(13)14/h2-6,8-9,12-15H,1H3/t8-,9-,12+,13-,14-,15-/m0/s1. The predicted molar refractivity (Wildman–Crippen MR) is 61.6 cm³/mol. The summed E-state index contributed by atoms with van der Waals surface area (Å²) in [6.07, 6.45) is 4.89. The van der Waals surface area contributed by atoms with Crippen LogP contribution < -0.4 is 4.74 Å². The Labute approximate surface area is 95.1 Å². The zero-order valence-electron chi connectivity index (χ0n) is 9.26. The summed E-state index contributed by atoms with van der Waals surface area (Å²) in [5.41, 5.74) is 3.24. The quantitative estimate of drug-likeness (QED) is 0.647. The number of methoxy groups -OCH3 is 1. The fourth-order valence-electron chi connectivity index (χ4n) is 4.79. The van der Waals surface area contributed by atoms with Crippen LogP contribution in [-0.4, -0.2) is 7.11 Å². The zero-order chi connectivity index (χ0) is 10.4. The molecule has 16 heavy (non-hydrogen) atoms. The maximum atomic E-state index is 5.35. The van der Waals surface area contributed by atoms with Crippen LogP contribution in [0, 0.1) is 23.7 Å². The first kappa shape index (κ1) is 7.94. The maximum absolute atomic E-state index is 5.35. The first-order valence-corrected chi connectivity index (χ1v) is 6.26. The van der Waals surface area contributed by atoms with Gasteiger partial charge in [-0.15, -0.1) is 0 Å². The maximum Gasteiger partial charge on any atom is 0.119 e. The summed E-state index contributed by atoms with van der Waals surface area (Å²) in [5, 5.41) is 0. The van der Waals surface area contributed by atoms with E-state index < -0.39 is 0 Å². The van der Waals surface area contributed by atoms with Crippen LogP contribution in [-0.2, 0) is 0 Å². The van der Waals surface area contributed by atoms with Gasteiger partial charge in [0, 0.05) is 0 Å². The van der Waals surface area contributed by atoms with Crippen LogP contribution in [0.25, 0.3) is 0 Å². The fraction of sp³-hybridized carbons (Fsp3) is 0.467. The molecule has 0 spiro atoms. The Kier molecular flexibility index (Phi) is 1.10. The molecule has 0 unspecified atom stereocenters. The van der Waals surface area contributed by atoms with E-state index in [9.17, 15) is 0 Å². The van der Waals surface area contributed by atoms with Crippen molar-refractivity contribution in [3.05, 3.63) is 41.5 Å². The van der Waals surface area contributed by atoms with Crippen molar-refractivity contribution >= 4 is 0 Å². The van der Waals surface area contributed by atoms with E-state index >= 15 is 0 Å². The van der Waals surface area contributed by atoms with Crippen molar-refractivity contribution in [1.29, 1.82) is 0 Å². The first-order valence-electron chi connectivity index (χ1n) is 6.26. The van der Waals surface area contributed by atoms with Crippen molar-refractivity contribution in [1.82, 2.24) is 0 Å². The second-order valence-electron chi connectivity index (χ2n) is 5.74. The second kappa shape index (κ2) is 2.22. The van der Waals surface area contributed by atoms with E-state index in [0.717, 1.165) is 41.3 Å². The molecule has 2 fully saturated rings. The smallest absolute Gasteiger partial charge is 0.119 e. The lowest BCUT2D eigenvalue weighted by atomic mass is 9.76. The third-order valence-corrected chi connectivity index (χ3v) is 5.42. The van der Waals surface area contributed by atoms with Crippen LogP contribution in [0.3, 0.4) is 0 Å². The molecule has 5 rings (SSSR count). The Bertz CT molecular complexity index is 530. The lowest BCUT2D eigenvalue weighted by Crippen LogP contribution is -2.20. The number of hydrogen-bond acceptors (Lipinski definition) is 1. The van der Waals surface area contributed by atoms with Crippen LogP contribution in [0.4, 0.5) is 0 Å². The lowest BCUT2D eigenvalue weighted by Gasteiger charge is -2.28. The van der Waals surface area contributed by atoms with E-state index in [-0.39, 0.29) is 0 Å². The molecule has 4 aliphatic carbocycles. The van der Waals surface area contributed by atoms with Gasteiger partial charge in [-0.05, 0) is 58.8 Å². The van der Waals surface area contributed by atoms with Crippen molar-refractivity contribution < 1.29 is 4.74 Å². The number of ether oxygens (including phenoxy) is 1. The molecule has 0 radical (unpaired) electrons. The largest absolute Gasteiger partial charge is 0.497 e. The van der Waals surface area contributed by atoms with Crippen molar-refractivity contribution in [2.24, 2.45) is 23.7 Å². The number of allylic oxidation sites excluding steroid dienone is 2. The predicted octanol–water partition coefficient (Wildman–Crippen LogP) is 2.94. The van der Waals surface area contributed by atoms with E-state index in [1.807, 2.05) is 0 Å². The summed E-state index contributed by atoms with van der Waals surface area (Å²) in [5.74, 6) is 6.52. The van der Waals surface area contributed by atoms with Gasteiger partial charge in [0.05, 0.1) is 7.11 Å². The number of benzene rings is 1. The number of hydrogen-bond donors (Lipinski definition) is 0. The molecule has 1 heteroatoms. The van der Waals surface area contributed by atoms with Crippen molar-refractivity contribution in [2.45, 2.75) is 11.8 Å². The van der Waals surface area contributed by atoms with E-state index in [1.54, 1.807) is 18.2 Å². The number of rotatable bonds is 1. The number of fused-ring (bicyclic) bond motifs is 7. The van der Waals surface area contributed by atoms with E-state index in [4.69, 9.17) is 4.74 Å². The molecule has 0 aliphatic heterocycles. The highest BCUT2D eigenvalue weighted by Crippen LogP contribution is 2.80. The average molecular weight is 210 g/mol. The van der Waals surface area contributed by atoms with Crippen LogP contribution in [0.15, 0.2) is 30.4 Å². The Hall–Kier alpha value is -1.24. The Balaban J connectivity index is 1.71. The van der Waals surface area contributed by atoms with Crippen LogP contribution in [0.2, 0.25) is 0 Å². The summed E-state index contributed by atoms with van der Waals surface area (Å²) < 4.78 is 5.35. The van der Waals surface area contributed by atoms with Gasteiger partial charge in [-0.3, -0.25) is 0 Å². The van der Waals surface area contributed by atoms with Gasteiger partial charge in [-0.1, -0.05) is 18.2 Å². The van der Waals surface area contributed by atoms with Gasteiger partial charge in [-0.25, -0.2) is 0 Å². The van der Waals surface area contributed by atoms with Gasteiger partial charge in [-0.2, -0.15) is 0 Å². The molecule has 0 N–H and O–H groups in total. The van der Waals surface area contributed by atoms with E-state index in [1.165, 1.54) is 0 Å². The molecule has 0 saturated heterocycles. The van der Waals surface area contributed by atoms with Gasteiger partial charge >= 0.3 is 0 Å². The van der Waals surface area contributed by atoms with Crippen molar-refractivity contribution in [3.63, 3.8) is 0 Å². The zero-order valence-corrected chi connectivity index (χ0v) is 9.26. The van der Waals surface area contributed by atoms with Gasteiger partial charge in [0.2, 0.25) is 0 Å². The van der Waals surface area contributed by atoms with Crippen molar-refractivity contribution in [2.75, 3.05) is 7.11 Å².